The van der Waals surface area contributed by atoms with Gasteiger partial charge in [0.15, 0.2) is 0 Å². The zero-order valence-electron chi connectivity index (χ0n) is 11.1. The first-order chi connectivity index (χ1) is 9.58. The van der Waals surface area contributed by atoms with Gasteiger partial charge in [0.05, 0.1) is 11.3 Å². The van der Waals surface area contributed by atoms with Crippen molar-refractivity contribution in [2.45, 2.75) is 18.2 Å². The molecule has 0 bridgehead atoms. The number of alkyl halides is 1. The Hall–Kier alpha value is -2.00. The minimum atomic E-state index is -0.846. The summed E-state index contributed by atoms with van der Waals surface area (Å²) in [5.41, 5.74) is 2.38. The number of nitrogens with one attached hydrogen (secondary N) is 1. The summed E-state index contributed by atoms with van der Waals surface area (Å²) < 4.78 is 0. The summed E-state index contributed by atoms with van der Waals surface area (Å²) >= 11 is 6.10. The fraction of sp³-hybridized carbons (Fsp3) is 0.188. The third kappa shape index (κ3) is 3.52. The zero-order valence-corrected chi connectivity index (χ0v) is 11.8. The van der Waals surface area contributed by atoms with Crippen molar-refractivity contribution >= 4 is 23.3 Å². The highest BCUT2D eigenvalue weighted by Crippen LogP contribution is 2.26. The van der Waals surface area contributed by atoms with Gasteiger partial charge in [-0.15, -0.1) is 11.6 Å². The maximum atomic E-state index is 11.2. The van der Waals surface area contributed by atoms with Gasteiger partial charge in [0.25, 0.3) is 0 Å². The van der Waals surface area contributed by atoms with Crippen molar-refractivity contribution in [2.24, 2.45) is 0 Å². The Morgan fingerprint density at radius 3 is 2.85 bits per heavy atom. The first-order valence-corrected chi connectivity index (χ1v) is 6.81. The number of aliphatic carboxylic acids is 1. The largest absolute Gasteiger partial charge is 0.481 e. The van der Waals surface area contributed by atoms with Crippen LogP contribution in [0.2, 0.25) is 0 Å². The maximum absolute atomic E-state index is 11.2. The lowest BCUT2D eigenvalue weighted by Gasteiger charge is -2.15. The molecule has 2 N–H and O–H groups in total. The van der Waals surface area contributed by atoms with E-state index < -0.39 is 11.9 Å². The molecule has 1 aromatic rings. The van der Waals surface area contributed by atoms with Crippen molar-refractivity contribution in [3.05, 3.63) is 65.9 Å². The number of carboxylic acid groups (broad SMARTS) is 1. The molecule has 4 heteroatoms. The van der Waals surface area contributed by atoms with Gasteiger partial charge in [0.2, 0.25) is 0 Å². The lowest BCUT2D eigenvalue weighted by molar-refractivity contribution is -0.138. The number of para-hydroxylation sites is 1. The monoisotopic (exact) mass is 289 g/mol. The molecule has 0 amide bonds. The molecule has 104 valence electrons. The van der Waals surface area contributed by atoms with Gasteiger partial charge < -0.3 is 10.4 Å². The number of hydrogen-bond donors (Lipinski definition) is 2. The van der Waals surface area contributed by atoms with Gasteiger partial charge >= 0.3 is 5.97 Å². The molecule has 0 aromatic heterocycles. The van der Waals surface area contributed by atoms with Crippen molar-refractivity contribution in [1.82, 2.24) is 0 Å². The highest BCUT2D eigenvalue weighted by molar-refractivity contribution is 6.23. The van der Waals surface area contributed by atoms with Crippen LogP contribution in [-0.4, -0.2) is 16.5 Å². The molecular formula is C16H16ClNO2. The van der Waals surface area contributed by atoms with Gasteiger partial charge in [-0.2, -0.15) is 0 Å². The van der Waals surface area contributed by atoms with Crippen LogP contribution in [0.15, 0.2) is 60.3 Å². The van der Waals surface area contributed by atoms with E-state index in [9.17, 15) is 4.79 Å². The Bertz CT molecular complexity index is 590. The Morgan fingerprint density at radius 2 is 2.10 bits per heavy atom. The zero-order chi connectivity index (χ0) is 14.5. The molecule has 2 rings (SSSR count). The third-order valence-electron chi connectivity index (χ3n) is 3.10. The van der Waals surface area contributed by atoms with Gasteiger partial charge in [-0.1, -0.05) is 36.4 Å². The van der Waals surface area contributed by atoms with Gasteiger partial charge in [-0.05, 0) is 30.7 Å². The van der Waals surface area contributed by atoms with E-state index in [4.69, 9.17) is 16.7 Å². The first-order valence-electron chi connectivity index (χ1n) is 6.37. The lowest BCUT2D eigenvalue weighted by atomic mass is 9.99. The van der Waals surface area contributed by atoms with Crippen LogP contribution in [-0.2, 0) is 4.79 Å². The second kappa shape index (κ2) is 6.44. The summed E-state index contributed by atoms with van der Waals surface area (Å²) in [5, 5.41) is 12.2. The molecule has 0 aliphatic heterocycles. The van der Waals surface area contributed by atoms with Crippen molar-refractivity contribution in [2.75, 3.05) is 5.32 Å². The van der Waals surface area contributed by atoms with Gasteiger partial charge in [0.1, 0.15) is 0 Å². The van der Waals surface area contributed by atoms with Gasteiger partial charge in [-0.25, -0.2) is 0 Å². The Labute approximate surface area is 123 Å². The molecule has 1 aliphatic carbocycles. The van der Waals surface area contributed by atoms with E-state index in [0.29, 0.717) is 0 Å². The number of carbonyl (C=O) groups is 1. The highest BCUT2D eigenvalue weighted by Gasteiger charge is 2.17. The normalized spacial score (nSPS) is 19.1. The fourth-order valence-corrected chi connectivity index (χ4v) is 2.19. The SMILES string of the molecule is CC(C(=O)O)c1ccccc1NC1=CC(Cl)C=CC=C1. The van der Waals surface area contributed by atoms with E-state index >= 15 is 0 Å². The molecule has 0 saturated heterocycles. The van der Waals surface area contributed by atoms with Crippen LogP contribution in [0.4, 0.5) is 5.69 Å². The molecule has 0 radical (unpaired) electrons. The maximum Gasteiger partial charge on any atom is 0.310 e. The molecule has 0 saturated carbocycles. The van der Waals surface area contributed by atoms with Crippen LogP contribution >= 0.6 is 11.6 Å². The fourth-order valence-electron chi connectivity index (χ4n) is 1.97. The molecule has 3 nitrogen and oxygen atoms in total. The Kier molecular flexibility index (Phi) is 4.64. The summed E-state index contributed by atoms with van der Waals surface area (Å²) in [4.78, 5) is 11.2. The van der Waals surface area contributed by atoms with Crippen LogP contribution in [0.1, 0.15) is 18.4 Å². The lowest BCUT2D eigenvalue weighted by Crippen LogP contribution is -2.11. The molecule has 0 heterocycles. The molecule has 2 atom stereocenters. The predicted molar refractivity (Wildman–Crippen MR) is 82.1 cm³/mol. The van der Waals surface area contributed by atoms with Crippen LogP contribution in [0.25, 0.3) is 0 Å². The second-order valence-corrected chi connectivity index (χ2v) is 5.09. The Balaban J connectivity index is 2.28. The number of allylic oxidation sites excluding steroid dienone is 5. The number of carboxylic acids is 1. The van der Waals surface area contributed by atoms with Crippen molar-refractivity contribution in [3.63, 3.8) is 0 Å². The van der Waals surface area contributed by atoms with E-state index in [2.05, 4.69) is 5.32 Å². The molecule has 20 heavy (non-hydrogen) atoms. The summed E-state index contributed by atoms with van der Waals surface area (Å²) in [6.45, 7) is 1.67. The number of anilines is 1. The molecule has 2 unspecified atom stereocenters. The number of benzene rings is 1. The van der Waals surface area contributed by atoms with E-state index in [1.54, 1.807) is 6.92 Å². The molecular weight excluding hydrogens is 274 g/mol. The van der Waals surface area contributed by atoms with E-state index in [0.717, 1.165) is 16.9 Å². The van der Waals surface area contributed by atoms with Crippen molar-refractivity contribution in [1.29, 1.82) is 0 Å². The standard InChI is InChI=1S/C16H16ClNO2/c1-11(16(19)20)14-8-4-5-9-15(14)18-13-7-3-2-6-12(17)10-13/h2-12,18H,1H3,(H,19,20). The summed E-state index contributed by atoms with van der Waals surface area (Å²) in [7, 11) is 0. The quantitative estimate of drug-likeness (QED) is 0.827. The van der Waals surface area contributed by atoms with Gasteiger partial charge in [0, 0.05) is 11.4 Å². The topological polar surface area (TPSA) is 49.3 Å². The minimum Gasteiger partial charge on any atom is -0.481 e. The Morgan fingerprint density at radius 1 is 1.35 bits per heavy atom. The van der Waals surface area contributed by atoms with Crippen LogP contribution in [0.3, 0.4) is 0 Å². The summed E-state index contributed by atoms with van der Waals surface area (Å²) in [5.74, 6) is -1.42. The average molecular weight is 290 g/mol. The summed E-state index contributed by atoms with van der Waals surface area (Å²) in [6, 6.07) is 7.39. The van der Waals surface area contributed by atoms with Crippen LogP contribution < -0.4 is 5.32 Å². The van der Waals surface area contributed by atoms with Crippen molar-refractivity contribution < 1.29 is 9.90 Å². The van der Waals surface area contributed by atoms with Crippen LogP contribution in [0.5, 0.6) is 0 Å². The van der Waals surface area contributed by atoms with E-state index in [1.165, 1.54) is 0 Å². The highest BCUT2D eigenvalue weighted by atomic mass is 35.5. The van der Waals surface area contributed by atoms with Gasteiger partial charge in [-0.3, -0.25) is 4.79 Å². The predicted octanol–water partition coefficient (Wildman–Crippen LogP) is 3.90. The van der Waals surface area contributed by atoms with Crippen LogP contribution in [0, 0.1) is 0 Å². The smallest absolute Gasteiger partial charge is 0.310 e. The van der Waals surface area contributed by atoms with E-state index in [-0.39, 0.29) is 5.38 Å². The number of hydrogen-bond acceptors (Lipinski definition) is 2. The first kappa shape index (κ1) is 14.4. The van der Waals surface area contributed by atoms with Crippen molar-refractivity contribution in [3.8, 4) is 0 Å². The molecule has 1 aromatic carbocycles. The third-order valence-corrected chi connectivity index (χ3v) is 3.37. The molecule has 0 spiro atoms. The number of halogens is 1. The van der Waals surface area contributed by atoms with E-state index in [1.807, 2.05) is 54.6 Å². The average Bonchev–Trinajstić information content (AvgIpc) is 2.63. The number of rotatable bonds is 4. The molecule has 0 fully saturated rings. The molecule has 1 aliphatic rings. The second-order valence-electron chi connectivity index (χ2n) is 4.58. The minimum absolute atomic E-state index is 0.184. The summed E-state index contributed by atoms with van der Waals surface area (Å²) in [6.07, 6.45) is 9.43.